The van der Waals surface area contributed by atoms with Gasteiger partial charge in [0.15, 0.2) is 17.0 Å². The molecule has 28 heavy (non-hydrogen) atoms. The maximum Gasteiger partial charge on any atom is 0.320 e. The van der Waals surface area contributed by atoms with E-state index in [1.165, 1.54) is 0 Å². The van der Waals surface area contributed by atoms with E-state index in [4.69, 9.17) is 20.3 Å². The van der Waals surface area contributed by atoms with Crippen LogP contribution in [0.25, 0.3) is 11.2 Å². The Hall–Kier alpha value is -2.94. The van der Waals surface area contributed by atoms with Crippen LogP contribution in [-0.2, 0) is 6.54 Å². The second kappa shape index (κ2) is 9.84. The molecule has 0 aliphatic carbocycles. The minimum absolute atomic E-state index is 0.175. The van der Waals surface area contributed by atoms with Crippen LogP contribution in [0.15, 0.2) is 24.7 Å². The second-order valence-electron chi connectivity index (χ2n) is 6.42. The van der Waals surface area contributed by atoms with E-state index in [2.05, 4.69) is 26.9 Å². The highest BCUT2D eigenvalue weighted by atomic mass is 16.5. The molecule has 3 aromatic rings. The van der Waals surface area contributed by atoms with Gasteiger partial charge >= 0.3 is 6.01 Å². The van der Waals surface area contributed by atoms with Crippen molar-refractivity contribution in [3.05, 3.63) is 30.2 Å². The fraction of sp³-hybridized carbons (Fsp3) is 0.474. The van der Waals surface area contributed by atoms with Gasteiger partial charge in [0.1, 0.15) is 0 Å². The minimum Gasteiger partial charge on any atom is -0.478 e. The standard InChI is InChI=1S/C19H26N6O3/c1-2-3-9-28-19-23-17(20)16-18(24-19)25(13-22-16)12-14-6-7-15(21-11-14)27-10-5-4-8-26/h6-7,11,13,26H,2-5,8-10,12H2,1H3,(H2,20,23,24). The monoisotopic (exact) mass is 386 g/mol. The molecule has 3 aromatic heterocycles. The Morgan fingerprint density at radius 1 is 1.07 bits per heavy atom. The third-order valence-corrected chi connectivity index (χ3v) is 4.15. The van der Waals surface area contributed by atoms with Gasteiger partial charge < -0.3 is 24.9 Å². The molecular formula is C19H26N6O3. The highest BCUT2D eigenvalue weighted by Gasteiger charge is 2.12. The molecule has 0 unspecified atom stereocenters. The Labute approximate surface area is 163 Å². The van der Waals surface area contributed by atoms with E-state index in [0.29, 0.717) is 42.6 Å². The number of nitrogens with two attached hydrogens (primary N) is 1. The van der Waals surface area contributed by atoms with E-state index in [9.17, 15) is 0 Å². The molecule has 3 heterocycles. The zero-order valence-corrected chi connectivity index (χ0v) is 16.0. The Morgan fingerprint density at radius 2 is 1.93 bits per heavy atom. The van der Waals surface area contributed by atoms with Gasteiger partial charge in [-0.2, -0.15) is 9.97 Å². The first kappa shape index (κ1) is 19.8. The van der Waals surface area contributed by atoms with Crippen LogP contribution in [0.3, 0.4) is 0 Å². The lowest BCUT2D eigenvalue weighted by Gasteiger charge is -2.08. The number of hydrogen-bond donors (Lipinski definition) is 2. The Kier molecular flexibility index (Phi) is 6.96. The number of aliphatic hydroxyl groups is 1. The number of nitrogen functional groups attached to an aromatic ring is 1. The van der Waals surface area contributed by atoms with Crippen LogP contribution < -0.4 is 15.2 Å². The first-order valence-electron chi connectivity index (χ1n) is 9.51. The van der Waals surface area contributed by atoms with Gasteiger partial charge in [0.05, 0.1) is 26.1 Å². The maximum absolute atomic E-state index is 8.78. The van der Waals surface area contributed by atoms with Gasteiger partial charge in [-0.3, -0.25) is 0 Å². The summed E-state index contributed by atoms with van der Waals surface area (Å²) in [6.07, 6.45) is 6.93. The van der Waals surface area contributed by atoms with E-state index < -0.39 is 0 Å². The van der Waals surface area contributed by atoms with Gasteiger partial charge in [0.2, 0.25) is 5.88 Å². The van der Waals surface area contributed by atoms with E-state index in [1.54, 1.807) is 12.5 Å². The predicted octanol–water partition coefficient (Wildman–Crippen LogP) is 2.18. The Bertz CT molecular complexity index is 881. The Balaban J connectivity index is 1.69. The summed E-state index contributed by atoms with van der Waals surface area (Å²) in [5.41, 5.74) is 8.17. The first-order chi connectivity index (χ1) is 13.7. The van der Waals surface area contributed by atoms with E-state index >= 15 is 0 Å². The molecule has 0 spiro atoms. The van der Waals surface area contributed by atoms with E-state index in [-0.39, 0.29) is 12.6 Å². The number of fused-ring (bicyclic) bond motifs is 1. The number of nitrogens with zero attached hydrogens (tertiary/aromatic N) is 5. The molecule has 0 bridgehead atoms. The van der Waals surface area contributed by atoms with Crippen molar-refractivity contribution in [3.63, 3.8) is 0 Å². The molecule has 9 nitrogen and oxygen atoms in total. The average Bonchev–Trinajstić information content (AvgIpc) is 3.10. The molecule has 3 rings (SSSR count). The van der Waals surface area contributed by atoms with Gasteiger partial charge in [-0.1, -0.05) is 19.4 Å². The van der Waals surface area contributed by atoms with Crippen molar-refractivity contribution >= 4 is 17.0 Å². The average molecular weight is 386 g/mol. The van der Waals surface area contributed by atoms with Crippen LogP contribution in [0.5, 0.6) is 11.9 Å². The summed E-state index contributed by atoms with van der Waals surface area (Å²) in [4.78, 5) is 17.3. The Morgan fingerprint density at radius 3 is 2.68 bits per heavy atom. The number of rotatable bonds is 11. The number of unbranched alkanes of at least 4 members (excludes halogenated alkanes) is 2. The summed E-state index contributed by atoms with van der Waals surface area (Å²) in [5.74, 6) is 0.871. The van der Waals surface area contributed by atoms with Crippen molar-refractivity contribution in [3.8, 4) is 11.9 Å². The molecule has 0 amide bonds. The van der Waals surface area contributed by atoms with Crippen LogP contribution in [0.1, 0.15) is 38.2 Å². The lowest BCUT2D eigenvalue weighted by atomic mass is 10.3. The number of anilines is 1. The van der Waals surface area contributed by atoms with Crippen molar-refractivity contribution < 1.29 is 14.6 Å². The summed E-state index contributed by atoms with van der Waals surface area (Å²) < 4.78 is 13.0. The third kappa shape index (κ3) is 5.07. The summed E-state index contributed by atoms with van der Waals surface area (Å²) in [5, 5.41) is 8.78. The molecule has 0 aromatic carbocycles. The quantitative estimate of drug-likeness (QED) is 0.481. The van der Waals surface area contributed by atoms with Gasteiger partial charge in [0.25, 0.3) is 0 Å². The van der Waals surface area contributed by atoms with Gasteiger partial charge in [-0.05, 0) is 24.8 Å². The highest BCUT2D eigenvalue weighted by Crippen LogP contribution is 2.20. The molecule has 0 aliphatic rings. The molecule has 0 aliphatic heterocycles. The topological polar surface area (TPSA) is 121 Å². The molecule has 150 valence electrons. The number of ether oxygens (including phenoxy) is 2. The lowest BCUT2D eigenvalue weighted by molar-refractivity contribution is 0.249. The molecule has 0 atom stereocenters. The normalized spacial score (nSPS) is 11.1. The van der Waals surface area contributed by atoms with Crippen molar-refractivity contribution in [2.75, 3.05) is 25.6 Å². The SMILES string of the molecule is CCCCOc1nc(N)c2ncn(Cc3ccc(OCCCCO)nc3)c2n1. The molecule has 0 saturated carbocycles. The van der Waals surface area contributed by atoms with Crippen molar-refractivity contribution in [1.82, 2.24) is 24.5 Å². The van der Waals surface area contributed by atoms with Crippen LogP contribution in [0.2, 0.25) is 0 Å². The zero-order chi connectivity index (χ0) is 19.8. The molecule has 3 N–H and O–H groups in total. The first-order valence-corrected chi connectivity index (χ1v) is 9.51. The van der Waals surface area contributed by atoms with Crippen molar-refractivity contribution in [1.29, 1.82) is 0 Å². The van der Waals surface area contributed by atoms with Gasteiger partial charge in [0, 0.05) is 18.9 Å². The molecule has 0 radical (unpaired) electrons. The smallest absolute Gasteiger partial charge is 0.320 e. The number of aliphatic hydroxyl groups excluding tert-OH is 1. The second-order valence-corrected chi connectivity index (χ2v) is 6.42. The predicted molar refractivity (Wildman–Crippen MR) is 105 cm³/mol. The molecule has 9 heteroatoms. The zero-order valence-electron chi connectivity index (χ0n) is 16.0. The number of hydrogen-bond acceptors (Lipinski definition) is 8. The fourth-order valence-electron chi connectivity index (χ4n) is 2.61. The minimum atomic E-state index is 0.175. The summed E-state index contributed by atoms with van der Waals surface area (Å²) in [6, 6.07) is 4.05. The van der Waals surface area contributed by atoms with Crippen molar-refractivity contribution in [2.24, 2.45) is 0 Å². The van der Waals surface area contributed by atoms with E-state index in [1.807, 2.05) is 16.7 Å². The van der Waals surface area contributed by atoms with E-state index in [0.717, 1.165) is 31.2 Å². The molecular weight excluding hydrogens is 360 g/mol. The largest absolute Gasteiger partial charge is 0.478 e. The summed E-state index contributed by atoms with van der Waals surface area (Å²) in [7, 11) is 0. The van der Waals surface area contributed by atoms with Crippen LogP contribution in [-0.4, -0.2) is 49.4 Å². The summed E-state index contributed by atoms with van der Waals surface area (Å²) >= 11 is 0. The van der Waals surface area contributed by atoms with Gasteiger partial charge in [-0.25, -0.2) is 9.97 Å². The van der Waals surface area contributed by atoms with Crippen LogP contribution in [0.4, 0.5) is 5.82 Å². The fourth-order valence-corrected chi connectivity index (χ4v) is 2.61. The number of pyridine rings is 1. The summed E-state index contributed by atoms with van der Waals surface area (Å²) in [6.45, 7) is 3.90. The van der Waals surface area contributed by atoms with Crippen LogP contribution in [0, 0.1) is 0 Å². The maximum atomic E-state index is 8.78. The third-order valence-electron chi connectivity index (χ3n) is 4.15. The molecule has 0 fully saturated rings. The molecule has 0 saturated heterocycles. The number of aromatic nitrogens is 5. The van der Waals surface area contributed by atoms with Crippen molar-refractivity contribution in [2.45, 2.75) is 39.2 Å². The number of imidazole rings is 1. The lowest BCUT2D eigenvalue weighted by Crippen LogP contribution is -2.06. The van der Waals surface area contributed by atoms with Gasteiger partial charge in [-0.15, -0.1) is 0 Å². The highest BCUT2D eigenvalue weighted by molar-refractivity contribution is 5.81. The van der Waals surface area contributed by atoms with Crippen LogP contribution >= 0.6 is 0 Å².